The first kappa shape index (κ1) is 12.6. The van der Waals surface area contributed by atoms with Crippen molar-refractivity contribution in [3.8, 4) is 5.75 Å². The summed E-state index contributed by atoms with van der Waals surface area (Å²) in [7, 11) is 1.61. The Morgan fingerprint density at radius 1 is 1.38 bits per heavy atom. The normalized spacial score (nSPS) is 9.94. The fourth-order valence-corrected chi connectivity index (χ4v) is 1.40. The molecule has 0 aliphatic carbocycles. The molecule has 0 aliphatic heterocycles. The minimum Gasteiger partial charge on any atom is -0.496 e. The quantitative estimate of drug-likeness (QED) is 0.567. The van der Waals surface area contributed by atoms with E-state index in [0.29, 0.717) is 12.2 Å². The molecule has 88 valence electrons. The highest BCUT2D eigenvalue weighted by molar-refractivity contribution is 5.89. The van der Waals surface area contributed by atoms with Gasteiger partial charge in [-0.25, -0.2) is 4.79 Å². The third-order valence-corrected chi connectivity index (χ3v) is 2.36. The van der Waals surface area contributed by atoms with Crippen molar-refractivity contribution in [2.24, 2.45) is 0 Å². The van der Waals surface area contributed by atoms with Gasteiger partial charge < -0.3 is 9.47 Å². The summed E-state index contributed by atoms with van der Waals surface area (Å²) in [5.74, 6) is 0.518. The van der Waals surface area contributed by atoms with E-state index in [0.717, 1.165) is 24.2 Å². The number of ether oxygens (including phenoxy) is 2. The number of rotatable bonds is 5. The smallest absolute Gasteiger partial charge is 0.338 e. The number of carbonyl (C=O) groups excluding carboxylic acids is 1. The predicted molar refractivity (Wildman–Crippen MR) is 62.9 cm³/mol. The van der Waals surface area contributed by atoms with Crippen LogP contribution < -0.4 is 4.74 Å². The molecule has 0 spiro atoms. The zero-order valence-corrected chi connectivity index (χ0v) is 10.1. The maximum atomic E-state index is 11.6. The molecule has 0 bridgehead atoms. The van der Waals surface area contributed by atoms with Gasteiger partial charge >= 0.3 is 5.97 Å². The molecular formula is C13H18O3. The molecule has 1 aromatic carbocycles. The molecule has 0 saturated heterocycles. The van der Waals surface area contributed by atoms with Gasteiger partial charge in [0.1, 0.15) is 5.75 Å². The number of hydrogen-bond acceptors (Lipinski definition) is 3. The molecule has 0 heterocycles. The van der Waals surface area contributed by atoms with Gasteiger partial charge in [-0.15, -0.1) is 0 Å². The van der Waals surface area contributed by atoms with Gasteiger partial charge in [-0.1, -0.05) is 13.3 Å². The minimum absolute atomic E-state index is 0.265. The van der Waals surface area contributed by atoms with Crippen LogP contribution in [0.3, 0.4) is 0 Å². The fraction of sp³-hybridized carbons (Fsp3) is 0.462. The highest BCUT2D eigenvalue weighted by atomic mass is 16.5. The first-order chi connectivity index (χ1) is 7.69. The van der Waals surface area contributed by atoms with E-state index in [9.17, 15) is 4.79 Å². The van der Waals surface area contributed by atoms with E-state index in [-0.39, 0.29) is 5.97 Å². The van der Waals surface area contributed by atoms with E-state index >= 15 is 0 Å². The Kier molecular flexibility index (Phi) is 4.83. The van der Waals surface area contributed by atoms with Crippen molar-refractivity contribution in [3.63, 3.8) is 0 Å². The average Bonchev–Trinajstić information content (AvgIpc) is 2.29. The van der Waals surface area contributed by atoms with E-state index in [4.69, 9.17) is 9.47 Å². The molecule has 0 fully saturated rings. The standard InChI is InChI=1S/C13H18O3/c1-4-5-8-16-13(14)11-6-7-12(15-3)10(2)9-11/h6-7,9H,4-5,8H2,1-3H3. The highest BCUT2D eigenvalue weighted by Gasteiger charge is 2.08. The molecule has 0 atom stereocenters. The molecule has 0 unspecified atom stereocenters. The van der Waals surface area contributed by atoms with Crippen molar-refractivity contribution in [2.45, 2.75) is 26.7 Å². The molecule has 3 heteroatoms. The van der Waals surface area contributed by atoms with Crippen molar-refractivity contribution in [2.75, 3.05) is 13.7 Å². The van der Waals surface area contributed by atoms with Gasteiger partial charge in [0.2, 0.25) is 0 Å². The number of hydrogen-bond donors (Lipinski definition) is 0. The summed E-state index contributed by atoms with van der Waals surface area (Å²) in [6.07, 6.45) is 1.93. The van der Waals surface area contributed by atoms with Crippen LogP contribution in [0.15, 0.2) is 18.2 Å². The summed E-state index contributed by atoms with van der Waals surface area (Å²) >= 11 is 0. The van der Waals surface area contributed by atoms with E-state index < -0.39 is 0 Å². The van der Waals surface area contributed by atoms with Gasteiger partial charge in [-0.2, -0.15) is 0 Å². The predicted octanol–water partition coefficient (Wildman–Crippen LogP) is 2.96. The highest BCUT2D eigenvalue weighted by Crippen LogP contribution is 2.18. The summed E-state index contributed by atoms with van der Waals surface area (Å²) in [6.45, 7) is 4.45. The summed E-state index contributed by atoms with van der Waals surface area (Å²) < 4.78 is 10.2. The fourth-order valence-electron chi connectivity index (χ4n) is 1.40. The molecule has 0 radical (unpaired) electrons. The van der Waals surface area contributed by atoms with Crippen LogP contribution in [0.5, 0.6) is 5.75 Å². The Morgan fingerprint density at radius 3 is 2.69 bits per heavy atom. The van der Waals surface area contributed by atoms with Crippen LogP contribution in [-0.2, 0) is 4.74 Å². The van der Waals surface area contributed by atoms with Crippen molar-refractivity contribution in [1.29, 1.82) is 0 Å². The largest absolute Gasteiger partial charge is 0.496 e. The van der Waals surface area contributed by atoms with Crippen LogP contribution >= 0.6 is 0 Å². The topological polar surface area (TPSA) is 35.5 Å². The van der Waals surface area contributed by atoms with E-state index in [2.05, 4.69) is 6.92 Å². The summed E-state index contributed by atoms with van der Waals surface area (Å²) in [6, 6.07) is 5.29. The average molecular weight is 222 g/mol. The monoisotopic (exact) mass is 222 g/mol. The lowest BCUT2D eigenvalue weighted by Crippen LogP contribution is -2.06. The molecule has 1 rings (SSSR count). The number of methoxy groups -OCH3 is 1. The van der Waals surface area contributed by atoms with Gasteiger partial charge in [0.15, 0.2) is 0 Å². The van der Waals surface area contributed by atoms with Crippen LogP contribution in [0.1, 0.15) is 35.7 Å². The molecule has 0 N–H and O–H groups in total. The first-order valence-corrected chi connectivity index (χ1v) is 5.50. The minimum atomic E-state index is -0.265. The van der Waals surface area contributed by atoms with E-state index in [1.165, 1.54) is 0 Å². The third-order valence-electron chi connectivity index (χ3n) is 2.36. The van der Waals surface area contributed by atoms with E-state index in [1.54, 1.807) is 25.3 Å². The summed E-state index contributed by atoms with van der Waals surface area (Å²) in [4.78, 5) is 11.6. The molecule has 3 nitrogen and oxygen atoms in total. The maximum Gasteiger partial charge on any atom is 0.338 e. The Hall–Kier alpha value is -1.51. The maximum absolute atomic E-state index is 11.6. The lowest BCUT2D eigenvalue weighted by atomic mass is 10.1. The number of unbranched alkanes of at least 4 members (excludes halogenated alkanes) is 1. The molecule has 0 aromatic heterocycles. The summed E-state index contributed by atoms with van der Waals surface area (Å²) in [5.41, 5.74) is 1.52. The third kappa shape index (κ3) is 3.26. The molecular weight excluding hydrogens is 204 g/mol. The van der Waals surface area contributed by atoms with Gasteiger partial charge in [-0.05, 0) is 37.1 Å². The second kappa shape index (κ2) is 6.16. The van der Waals surface area contributed by atoms with Crippen molar-refractivity contribution in [1.82, 2.24) is 0 Å². The van der Waals surface area contributed by atoms with Crippen LogP contribution in [0, 0.1) is 6.92 Å². The van der Waals surface area contributed by atoms with Gasteiger partial charge in [-0.3, -0.25) is 0 Å². The van der Waals surface area contributed by atoms with Gasteiger partial charge in [0, 0.05) is 0 Å². The zero-order chi connectivity index (χ0) is 12.0. The van der Waals surface area contributed by atoms with E-state index in [1.807, 2.05) is 6.92 Å². The number of benzene rings is 1. The number of aryl methyl sites for hydroxylation is 1. The Labute approximate surface area is 96.4 Å². The van der Waals surface area contributed by atoms with Crippen molar-refractivity contribution in [3.05, 3.63) is 29.3 Å². The Balaban J connectivity index is 2.66. The Morgan fingerprint density at radius 2 is 2.12 bits per heavy atom. The lowest BCUT2D eigenvalue weighted by molar-refractivity contribution is 0.0499. The summed E-state index contributed by atoms with van der Waals surface area (Å²) in [5, 5.41) is 0. The van der Waals surface area contributed by atoms with Gasteiger partial charge in [0.25, 0.3) is 0 Å². The molecule has 0 aliphatic rings. The second-order valence-corrected chi connectivity index (χ2v) is 3.67. The zero-order valence-electron chi connectivity index (χ0n) is 10.1. The Bertz CT molecular complexity index is 358. The number of esters is 1. The second-order valence-electron chi connectivity index (χ2n) is 3.67. The first-order valence-electron chi connectivity index (χ1n) is 5.50. The van der Waals surface area contributed by atoms with Crippen molar-refractivity contribution < 1.29 is 14.3 Å². The van der Waals surface area contributed by atoms with Crippen LogP contribution in [0.2, 0.25) is 0 Å². The SMILES string of the molecule is CCCCOC(=O)c1ccc(OC)c(C)c1. The van der Waals surface area contributed by atoms with Crippen molar-refractivity contribution >= 4 is 5.97 Å². The molecule has 0 saturated carbocycles. The van der Waals surface area contributed by atoms with Crippen LogP contribution in [0.25, 0.3) is 0 Å². The lowest BCUT2D eigenvalue weighted by Gasteiger charge is -2.07. The molecule has 16 heavy (non-hydrogen) atoms. The van der Waals surface area contributed by atoms with Crippen LogP contribution in [0.4, 0.5) is 0 Å². The van der Waals surface area contributed by atoms with Gasteiger partial charge in [0.05, 0.1) is 19.3 Å². The molecule has 0 amide bonds. The van der Waals surface area contributed by atoms with Crippen LogP contribution in [-0.4, -0.2) is 19.7 Å². The molecule has 1 aromatic rings. The number of carbonyl (C=O) groups is 1.